The van der Waals surface area contributed by atoms with Crippen LogP contribution in [0, 0.1) is 5.41 Å². The number of anilines is 2. The maximum atomic E-state index is 12.4. The summed E-state index contributed by atoms with van der Waals surface area (Å²) in [6.45, 7) is 4.57. The van der Waals surface area contributed by atoms with Gasteiger partial charge in [0.05, 0.1) is 12.8 Å². The monoisotopic (exact) mass is 328 g/mol. The summed E-state index contributed by atoms with van der Waals surface area (Å²) in [4.78, 5) is 20.5. The van der Waals surface area contributed by atoms with Crippen LogP contribution in [0.2, 0.25) is 0 Å². The van der Waals surface area contributed by atoms with E-state index in [9.17, 15) is 9.90 Å². The molecule has 6 nitrogen and oxygen atoms in total. The number of aliphatic hydroxyl groups is 1. The van der Waals surface area contributed by atoms with E-state index in [1.54, 1.807) is 30.7 Å². The van der Waals surface area contributed by atoms with Gasteiger partial charge in [0.15, 0.2) is 0 Å². The molecule has 0 atom stereocenters. The van der Waals surface area contributed by atoms with Gasteiger partial charge in [-0.3, -0.25) is 9.78 Å². The third-order valence-corrected chi connectivity index (χ3v) is 4.42. The highest BCUT2D eigenvalue weighted by Crippen LogP contribution is 2.24. The first-order chi connectivity index (χ1) is 11.6. The van der Waals surface area contributed by atoms with Crippen molar-refractivity contribution < 1.29 is 9.90 Å². The second-order valence-electron chi connectivity index (χ2n) is 5.84. The van der Waals surface area contributed by atoms with Gasteiger partial charge in [-0.2, -0.15) is 0 Å². The Hall–Kier alpha value is -2.47. The Morgan fingerprint density at radius 3 is 2.67 bits per heavy atom. The molecule has 3 N–H and O–H groups in total. The zero-order chi connectivity index (χ0) is 17.4. The quantitative estimate of drug-likeness (QED) is 0.693. The number of aliphatic hydroxyl groups excluding tert-OH is 1. The minimum absolute atomic E-state index is 0.0640. The summed E-state index contributed by atoms with van der Waals surface area (Å²) in [6, 6.07) is 7.20. The zero-order valence-corrected chi connectivity index (χ0v) is 14.1. The molecule has 0 aliphatic heterocycles. The van der Waals surface area contributed by atoms with Gasteiger partial charge in [0.2, 0.25) is 0 Å². The first-order valence-electron chi connectivity index (χ1n) is 8.14. The number of hydrogen-bond donors (Lipinski definition) is 3. The second kappa shape index (κ2) is 8.40. The largest absolute Gasteiger partial charge is 0.396 e. The predicted molar refractivity (Wildman–Crippen MR) is 94.2 cm³/mol. The number of aromatic nitrogens is 2. The minimum atomic E-state index is -0.259. The van der Waals surface area contributed by atoms with Crippen LogP contribution in [-0.2, 0) is 0 Å². The molecule has 0 aliphatic carbocycles. The lowest BCUT2D eigenvalue weighted by Gasteiger charge is -2.29. The number of nitrogens with zero attached hydrogens (tertiary/aromatic N) is 2. The van der Waals surface area contributed by atoms with Gasteiger partial charge in [0.25, 0.3) is 5.91 Å². The molecule has 1 amide bonds. The Balaban J connectivity index is 2.04. The molecule has 2 rings (SSSR count). The third-order valence-electron chi connectivity index (χ3n) is 4.42. The molecule has 0 spiro atoms. The number of rotatable bonds is 8. The van der Waals surface area contributed by atoms with E-state index in [0.29, 0.717) is 17.9 Å². The molecule has 0 fully saturated rings. The van der Waals surface area contributed by atoms with E-state index in [1.165, 1.54) is 0 Å². The van der Waals surface area contributed by atoms with Crippen molar-refractivity contribution in [1.82, 2.24) is 15.3 Å². The van der Waals surface area contributed by atoms with E-state index in [-0.39, 0.29) is 17.9 Å². The lowest BCUT2D eigenvalue weighted by Crippen LogP contribution is -2.39. The van der Waals surface area contributed by atoms with Crippen LogP contribution < -0.4 is 10.6 Å². The van der Waals surface area contributed by atoms with Crippen molar-refractivity contribution in [3.8, 4) is 0 Å². The number of benzene rings is 1. The summed E-state index contributed by atoms with van der Waals surface area (Å²) >= 11 is 0. The average molecular weight is 328 g/mol. The summed E-state index contributed by atoms with van der Waals surface area (Å²) in [5.41, 5.74) is 1.07. The van der Waals surface area contributed by atoms with Crippen molar-refractivity contribution >= 4 is 17.4 Å². The van der Waals surface area contributed by atoms with E-state index < -0.39 is 0 Å². The van der Waals surface area contributed by atoms with Gasteiger partial charge >= 0.3 is 0 Å². The molecule has 6 heteroatoms. The molecule has 0 aliphatic rings. The van der Waals surface area contributed by atoms with Crippen molar-refractivity contribution in [2.45, 2.75) is 26.7 Å². The lowest BCUT2D eigenvalue weighted by molar-refractivity contribution is 0.0851. The van der Waals surface area contributed by atoms with Crippen LogP contribution in [0.25, 0.3) is 0 Å². The number of nitrogens with one attached hydrogen (secondary N) is 2. The highest BCUT2D eigenvalue weighted by molar-refractivity contribution is 5.95. The topological polar surface area (TPSA) is 87.1 Å². The van der Waals surface area contributed by atoms with Gasteiger partial charge in [-0.15, -0.1) is 0 Å². The Kier molecular flexibility index (Phi) is 6.26. The van der Waals surface area contributed by atoms with E-state index in [1.807, 2.05) is 26.0 Å². The van der Waals surface area contributed by atoms with Crippen molar-refractivity contribution in [1.29, 1.82) is 0 Å². The first-order valence-corrected chi connectivity index (χ1v) is 8.14. The van der Waals surface area contributed by atoms with Crippen LogP contribution in [0.4, 0.5) is 11.5 Å². The Morgan fingerprint density at radius 2 is 2.04 bits per heavy atom. The fourth-order valence-electron chi connectivity index (χ4n) is 2.40. The SMILES string of the molecule is CCC(CC)(CO)CNC(=O)c1cccc(Nc2cnccn2)c1. The van der Waals surface area contributed by atoms with Crippen LogP contribution in [0.1, 0.15) is 37.0 Å². The van der Waals surface area contributed by atoms with E-state index >= 15 is 0 Å². The van der Waals surface area contributed by atoms with Crippen LogP contribution in [-0.4, -0.2) is 34.1 Å². The molecule has 0 radical (unpaired) electrons. The molecule has 1 heterocycles. The fraction of sp³-hybridized carbons (Fsp3) is 0.389. The molecule has 24 heavy (non-hydrogen) atoms. The number of amides is 1. The van der Waals surface area contributed by atoms with E-state index in [0.717, 1.165) is 18.5 Å². The molecule has 0 unspecified atom stereocenters. The first kappa shape index (κ1) is 17.9. The average Bonchev–Trinajstić information content (AvgIpc) is 2.64. The smallest absolute Gasteiger partial charge is 0.251 e. The van der Waals surface area contributed by atoms with Crippen LogP contribution in [0.5, 0.6) is 0 Å². The highest BCUT2D eigenvalue weighted by atomic mass is 16.3. The Bertz CT molecular complexity index is 649. The number of carbonyl (C=O) groups is 1. The predicted octanol–water partition coefficient (Wildman–Crippen LogP) is 2.75. The van der Waals surface area contributed by atoms with Gasteiger partial charge in [0, 0.05) is 35.6 Å². The Morgan fingerprint density at radius 1 is 1.25 bits per heavy atom. The zero-order valence-electron chi connectivity index (χ0n) is 14.1. The summed E-state index contributed by atoms with van der Waals surface area (Å²) in [5, 5.41) is 15.6. The van der Waals surface area contributed by atoms with E-state index in [2.05, 4.69) is 20.6 Å². The van der Waals surface area contributed by atoms with Crippen LogP contribution >= 0.6 is 0 Å². The summed E-state index contributed by atoms with van der Waals surface area (Å²) in [5.74, 6) is 0.462. The van der Waals surface area contributed by atoms with Gasteiger partial charge in [-0.1, -0.05) is 19.9 Å². The Labute approximate surface area is 142 Å². The molecule has 0 saturated heterocycles. The number of hydrogen-bond acceptors (Lipinski definition) is 5. The standard InChI is InChI=1S/C18H24N4O2/c1-3-18(4-2,13-23)12-21-17(24)14-6-5-7-15(10-14)22-16-11-19-8-9-20-16/h5-11,23H,3-4,12-13H2,1-2H3,(H,20,22)(H,21,24). The van der Waals surface area contributed by atoms with Crippen LogP contribution in [0.3, 0.4) is 0 Å². The summed E-state index contributed by atoms with van der Waals surface area (Å²) in [7, 11) is 0. The van der Waals surface area contributed by atoms with Gasteiger partial charge in [-0.05, 0) is 31.0 Å². The molecular weight excluding hydrogens is 304 g/mol. The van der Waals surface area contributed by atoms with Crippen molar-refractivity contribution in [3.05, 3.63) is 48.4 Å². The lowest BCUT2D eigenvalue weighted by atomic mass is 9.83. The maximum Gasteiger partial charge on any atom is 0.251 e. The molecule has 2 aromatic rings. The van der Waals surface area contributed by atoms with Crippen LogP contribution in [0.15, 0.2) is 42.9 Å². The molecule has 0 saturated carbocycles. The van der Waals surface area contributed by atoms with Gasteiger partial charge < -0.3 is 15.7 Å². The molecule has 128 valence electrons. The normalized spacial score (nSPS) is 11.1. The molecule has 0 bridgehead atoms. The fourth-order valence-corrected chi connectivity index (χ4v) is 2.40. The summed E-state index contributed by atoms with van der Waals surface area (Å²) in [6.07, 6.45) is 6.45. The van der Waals surface area contributed by atoms with Crippen molar-refractivity contribution in [2.24, 2.45) is 5.41 Å². The minimum Gasteiger partial charge on any atom is -0.396 e. The number of carbonyl (C=O) groups excluding carboxylic acids is 1. The van der Waals surface area contributed by atoms with Gasteiger partial charge in [-0.25, -0.2) is 4.98 Å². The van der Waals surface area contributed by atoms with Gasteiger partial charge in [0.1, 0.15) is 5.82 Å². The third kappa shape index (κ3) is 4.52. The maximum absolute atomic E-state index is 12.4. The van der Waals surface area contributed by atoms with E-state index in [4.69, 9.17) is 0 Å². The summed E-state index contributed by atoms with van der Waals surface area (Å²) < 4.78 is 0. The molecular formula is C18H24N4O2. The second-order valence-corrected chi connectivity index (χ2v) is 5.84. The molecule has 1 aromatic heterocycles. The van der Waals surface area contributed by atoms with Crippen molar-refractivity contribution in [3.63, 3.8) is 0 Å². The highest BCUT2D eigenvalue weighted by Gasteiger charge is 2.25. The van der Waals surface area contributed by atoms with Crippen molar-refractivity contribution in [2.75, 3.05) is 18.5 Å². The molecule has 1 aromatic carbocycles.